The van der Waals surface area contributed by atoms with E-state index >= 15 is 0 Å². The Labute approximate surface area is 119 Å². The lowest BCUT2D eigenvalue weighted by Crippen LogP contribution is -2.22. The van der Waals surface area contributed by atoms with Gasteiger partial charge in [-0.2, -0.15) is 0 Å². The molecule has 0 bridgehead atoms. The average Bonchev–Trinajstić information content (AvgIpc) is 2.79. The molecule has 1 aliphatic rings. The second kappa shape index (κ2) is 10.6. The van der Waals surface area contributed by atoms with E-state index in [-0.39, 0.29) is 0 Å². The summed E-state index contributed by atoms with van der Waals surface area (Å²) >= 11 is 0. The first-order valence-corrected chi connectivity index (χ1v) is 7.04. The average molecular weight is 295 g/mol. The second-order valence-corrected chi connectivity index (χ2v) is 4.71. The van der Waals surface area contributed by atoms with Gasteiger partial charge < -0.3 is 27.1 Å². The molecule has 0 atom stereocenters. The third kappa shape index (κ3) is 13.3. The summed E-state index contributed by atoms with van der Waals surface area (Å²) in [6.07, 6.45) is 14.4. The number of nitrogens with zero attached hydrogens (tertiary/aromatic N) is 2. The van der Waals surface area contributed by atoms with Crippen molar-refractivity contribution in [3.05, 3.63) is 25.2 Å². The lowest BCUT2D eigenvalue weighted by Gasteiger charge is -2.18. The Morgan fingerprint density at radius 2 is 1.60 bits per heavy atom. The zero-order valence-corrected chi connectivity index (χ0v) is 12.1. The van der Waals surface area contributed by atoms with Crippen LogP contribution in [0.15, 0.2) is 25.2 Å². The topological polar surface area (TPSA) is 6.48 Å². The van der Waals surface area contributed by atoms with Crippen LogP contribution in [0.2, 0.25) is 0 Å². The molecule has 1 aliphatic heterocycles. The van der Waals surface area contributed by atoms with E-state index in [0.717, 1.165) is 6.67 Å². The highest BCUT2D eigenvalue weighted by atomic mass is 19.5. The SMILES string of the molecule is C=CN1C=CN(CCCCCCCC)C1.F[B-](F)(F)F. The van der Waals surface area contributed by atoms with Gasteiger partial charge in [-0.3, -0.25) is 0 Å². The summed E-state index contributed by atoms with van der Waals surface area (Å²) in [4.78, 5) is 4.46. The van der Waals surface area contributed by atoms with Crippen molar-refractivity contribution in [2.45, 2.75) is 45.4 Å². The number of hydrogen-bond acceptors (Lipinski definition) is 2. The van der Waals surface area contributed by atoms with E-state index in [2.05, 4.69) is 35.7 Å². The predicted octanol–water partition coefficient (Wildman–Crippen LogP) is 4.84. The summed E-state index contributed by atoms with van der Waals surface area (Å²) in [5, 5.41) is 0. The van der Waals surface area contributed by atoms with Gasteiger partial charge >= 0.3 is 7.25 Å². The Bertz CT molecular complexity index is 276. The smallest absolute Gasteiger partial charge is 0.418 e. The van der Waals surface area contributed by atoms with Gasteiger partial charge in [0.05, 0.1) is 6.67 Å². The Kier molecular flexibility index (Phi) is 10.0. The van der Waals surface area contributed by atoms with Crippen molar-refractivity contribution in [2.75, 3.05) is 13.2 Å². The van der Waals surface area contributed by atoms with Gasteiger partial charge in [-0.15, -0.1) is 0 Å². The van der Waals surface area contributed by atoms with Crippen LogP contribution < -0.4 is 0 Å². The van der Waals surface area contributed by atoms with E-state index in [0.29, 0.717) is 0 Å². The monoisotopic (exact) mass is 295 g/mol. The van der Waals surface area contributed by atoms with E-state index in [4.69, 9.17) is 0 Å². The van der Waals surface area contributed by atoms with Gasteiger partial charge in [-0.1, -0.05) is 45.6 Å². The van der Waals surface area contributed by atoms with Crippen LogP contribution in [0.1, 0.15) is 45.4 Å². The van der Waals surface area contributed by atoms with Gasteiger partial charge in [0.1, 0.15) is 0 Å². The molecule has 1 heterocycles. The van der Waals surface area contributed by atoms with Crippen LogP contribution in [-0.2, 0) is 0 Å². The minimum atomic E-state index is -6.00. The highest BCUT2D eigenvalue weighted by Crippen LogP contribution is 2.10. The highest BCUT2D eigenvalue weighted by Gasteiger charge is 2.20. The van der Waals surface area contributed by atoms with E-state index in [1.807, 2.05) is 6.20 Å². The Balaban J connectivity index is 0.000000621. The van der Waals surface area contributed by atoms with Crippen LogP contribution in [0.5, 0.6) is 0 Å². The van der Waals surface area contributed by atoms with Crippen molar-refractivity contribution >= 4 is 7.25 Å². The summed E-state index contributed by atoms with van der Waals surface area (Å²) in [5.74, 6) is 0. The molecule has 2 nitrogen and oxygen atoms in total. The first-order chi connectivity index (χ1) is 9.36. The van der Waals surface area contributed by atoms with Crippen molar-refractivity contribution in [3.63, 3.8) is 0 Å². The van der Waals surface area contributed by atoms with Crippen molar-refractivity contribution in [3.8, 4) is 0 Å². The lowest BCUT2D eigenvalue weighted by molar-refractivity contribution is 0.307. The molecule has 7 heteroatoms. The van der Waals surface area contributed by atoms with Crippen LogP contribution >= 0.6 is 0 Å². The zero-order chi connectivity index (χ0) is 15.4. The molecular formula is C13H24BF4N2-. The molecule has 0 aromatic carbocycles. The maximum absolute atomic E-state index is 9.75. The lowest BCUT2D eigenvalue weighted by atomic mass is 10.1. The first kappa shape index (κ1) is 18.9. The maximum Gasteiger partial charge on any atom is 0.673 e. The van der Waals surface area contributed by atoms with Crippen LogP contribution in [0.25, 0.3) is 0 Å². The molecule has 0 aliphatic carbocycles. The predicted molar refractivity (Wildman–Crippen MR) is 76.3 cm³/mol. The molecule has 118 valence electrons. The minimum Gasteiger partial charge on any atom is -0.418 e. The van der Waals surface area contributed by atoms with Crippen molar-refractivity contribution in [1.82, 2.24) is 9.80 Å². The van der Waals surface area contributed by atoms with Crippen LogP contribution in [0.4, 0.5) is 17.3 Å². The number of halogens is 4. The molecule has 0 saturated carbocycles. The maximum atomic E-state index is 9.75. The largest absolute Gasteiger partial charge is 0.673 e. The second-order valence-electron chi connectivity index (χ2n) is 4.71. The van der Waals surface area contributed by atoms with Gasteiger partial charge in [0, 0.05) is 18.9 Å². The summed E-state index contributed by atoms with van der Waals surface area (Å²) in [5.41, 5.74) is 0. The standard InChI is InChI=1S/C13H24N2.BF4/c1-3-5-6-7-8-9-10-15-12-11-14(4-2)13-15;2-1(3,4)5/h4,11-12H,2-3,5-10,13H2,1H3;/q;-1. The third-order valence-electron chi connectivity index (χ3n) is 2.85. The fourth-order valence-electron chi connectivity index (χ4n) is 1.84. The Morgan fingerprint density at radius 3 is 2.10 bits per heavy atom. The fourth-order valence-corrected chi connectivity index (χ4v) is 1.84. The molecule has 1 rings (SSSR count). The van der Waals surface area contributed by atoms with Crippen LogP contribution in [0.3, 0.4) is 0 Å². The van der Waals surface area contributed by atoms with E-state index in [1.54, 1.807) is 0 Å². The molecule has 0 spiro atoms. The molecular weight excluding hydrogens is 271 g/mol. The van der Waals surface area contributed by atoms with Crippen molar-refractivity contribution in [2.24, 2.45) is 0 Å². The molecule has 20 heavy (non-hydrogen) atoms. The van der Waals surface area contributed by atoms with E-state index in [9.17, 15) is 17.3 Å². The van der Waals surface area contributed by atoms with Crippen molar-refractivity contribution in [1.29, 1.82) is 0 Å². The summed E-state index contributed by atoms with van der Waals surface area (Å²) in [7, 11) is -6.00. The molecule has 0 aromatic rings. The molecule has 0 unspecified atom stereocenters. The molecule has 0 amide bonds. The molecule has 0 fully saturated rings. The number of hydrogen-bond donors (Lipinski definition) is 0. The quantitative estimate of drug-likeness (QED) is 0.359. The first-order valence-electron chi connectivity index (χ1n) is 7.04. The van der Waals surface area contributed by atoms with E-state index in [1.165, 1.54) is 45.1 Å². The molecule has 0 radical (unpaired) electrons. The van der Waals surface area contributed by atoms with Crippen molar-refractivity contribution < 1.29 is 17.3 Å². The van der Waals surface area contributed by atoms with Gasteiger partial charge in [-0.05, 0) is 12.6 Å². The van der Waals surface area contributed by atoms with Crippen LogP contribution in [-0.4, -0.2) is 30.3 Å². The minimum absolute atomic E-state index is 0.985. The van der Waals surface area contributed by atoms with Gasteiger partial charge in [0.15, 0.2) is 0 Å². The normalized spacial score (nSPS) is 14.2. The molecule has 0 saturated heterocycles. The van der Waals surface area contributed by atoms with Gasteiger partial charge in [0.2, 0.25) is 0 Å². The molecule has 0 N–H and O–H groups in total. The zero-order valence-electron chi connectivity index (χ0n) is 12.1. The summed E-state index contributed by atoms with van der Waals surface area (Å²) < 4.78 is 39.0. The highest BCUT2D eigenvalue weighted by molar-refractivity contribution is 6.50. The fraction of sp³-hybridized carbons (Fsp3) is 0.692. The van der Waals surface area contributed by atoms with E-state index < -0.39 is 7.25 Å². The Hall–Kier alpha value is -1.14. The third-order valence-corrected chi connectivity index (χ3v) is 2.85. The van der Waals surface area contributed by atoms with Gasteiger partial charge in [-0.25, -0.2) is 0 Å². The van der Waals surface area contributed by atoms with Gasteiger partial charge in [0.25, 0.3) is 0 Å². The summed E-state index contributed by atoms with van der Waals surface area (Å²) in [6.45, 7) is 8.19. The summed E-state index contributed by atoms with van der Waals surface area (Å²) in [6, 6.07) is 0. The van der Waals surface area contributed by atoms with Crippen LogP contribution in [0, 0.1) is 0 Å². The Morgan fingerprint density at radius 1 is 1.05 bits per heavy atom. The number of unbranched alkanes of at least 4 members (excludes halogenated alkanes) is 5. The molecule has 0 aromatic heterocycles. The number of rotatable bonds is 8.